The van der Waals surface area contributed by atoms with Gasteiger partial charge >= 0.3 is 0 Å². The Hall–Kier alpha value is -2.81. The summed E-state index contributed by atoms with van der Waals surface area (Å²) < 4.78 is 0. The summed E-state index contributed by atoms with van der Waals surface area (Å²) in [6, 6.07) is 17.0. The second-order valence-corrected chi connectivity index (χ2v) is 9.56. The van der Waals surface area contributed by atoms with Crippen LogP contribution in [0.3, 0.4) is 0 Å². The van der Waals surface area contributed by atoms with Crippen LogP contribution in [0.25, 0.3) is 0 Å². The normalized spacial score (nSPS) is 26.5. The average molecular weight is 385 g/mol. The number of hydrogen-bond acceptors (Lipinski definition) is 3. The molecule has 3 heteroatoms. The lowest BCUT2D eigenvalue weighted by molar-refractivity contribution is -0.114. The molecule has 2 heterocycles. The molecule has 0 atom stereocenters. The first-order valence-corrected chi connectivity index (χ1v) is 10.4. The fourth-order valence-electron chi connectivity index (χ4n) is 5.88. The number of ketones is 1. The summed E-state index contributed by atoms with van der Waals surface area (Å²) in [4.78, 5) is 18.0. The van der Waals surface area contributed by atoms with Crippen LogP contribution in [-0.2, 0) is 15.6 Å². The van der Waals surface area contributed by atoms with Crippen molar-refractivity contribution in [3.05, 3.63) is 82.2 Å². The van der Waals surface area contributed by atoms with E-state index in [4.69, 9.17) is 0 Å². The molecule has 0 N–H and O–H groups in total. The second-order valence-electron chi connectivity index (χ2n) is 9.56. The van der Waals surface area contributed by atoms with Gasteiger partial charge in [-0.15, -0.1) is 0 Å². The molecule has 1 fully saturated rings. The molecule has 0 spiro atoms. The van der Waals surface area contributed by atoms with Crippen molar-refractivity contribution in [2.75, 3.05) is 23.9 Å². The highest BCUT2D eigenvalue weighted by atomic mass is 16.1. The van der Waals surface area contributed by atoms with Crippen molar-refractivity contribution in [3.63, 3.8) is 0 Å². The fourth-order valence-corrected chi connectivity index (χ4v) is 5.88. The minimum atomic E-state index is -0.160. The number of anilines is 2. The van der Waals surface area contributed by atoms with Gasteiger partial charge in [-0.2, -0.15) is 0 Å². The predicted molar refractivity (Wildman–Crippen MR) is 119 cm³/mol. The number of likely N-dealkylation sites (N-methyl/N-ethyl adjacent to an activating group) is 2. The summed E-state index contributed by atoms with van der Waals surface area (Å²) in [6.07, 6.45) is 0.743. The van der Waals surface area contributed by atoms with Crippen LogP contribution in [0, 0.1) is 0 Å². The van der Waals surface area contributed by atoms with Crippen LogP contribution >= 0.6 is 0 Å². The first-order chi connectivity index (χ1) is 13.7. The number of hydrogen-bond donors (Lipinski definition) is 0. The van der Waals surface area contributed by atoms with E-state index in [0.29, 0.717) is 0 Å². The summed E-state index contributed by atoms with van der Waals surface area (Å²) >= 11 is 0. The van der Waals surface area contributed by atoms with Crippen molar-refractivity contribution in [1.82, 2.24) is 0 Å². The van der Waals surface area contributed by atoms with Crippen molar-refractivity contribution < 1.29 is 4.79 Å². The molecular formula is C26H28N2O. The monoisotopic (exact) mass is 384 g/mol. The number of nitrogens with zero attached hydrogens (tertiary/aromatic N) is 2. The number of fused-ring (bicyclic) bond motifs is 2. The number of allylic oxidation sites excluding steroid dienone is 4. The number of carbonyl (C=O) groups excluding carboxylic acids is 1. The first-order valence-electron chi connectivity index (χ1n) is 10.4. The zero-order valence-electron chi connectivity index (χ0n) is 18.1. The number of carbonyl (C=O) groups is 1. The summed E-state index contributed by atoms with van der Waals surface area (Å²) in [5.74, 6) is 0.218. The van der Waals surface area contributed by atoms with Gasteiger partial charge in [0, 0.05) is 65.3 Å². The molecule has 2 aromatic carbocycles. The van der Waals surface area contributed by atoms with Crippen LogP contribution in [0.5, 0.6) is 0 Å². The summed E-state index contributed by atoms with van der Waals surface area (Å²) in [6.45, 7) is 8.93. The van der Waals surface area contributed by atoms with Gasteiger partial charge in [0.15, 0.2) is 5.78 Å². The average Bonchev–Trinajstić information content (AvgIpc) is 3.02. The van der Waals surface area contributed by atoms with Gasteiger partial charge < -0.3 is 9.80 Å². The van der Waals surface area contributed by atoms with E-state index >= 15 is 0 Å². The van der Waals surface area contributed by atoms with Crippen LogP contribution in [0.15, 0.2) is 71.1 Å². The van der Waals surface area contributed by atoms with E-state index in [1.54, 1.807) is 0 Å². The van der Waals surface area contributed by atoms with E-state index < -0.39 is 0 Å². The van der Waals surface area contributed by atoms with Gasteiger partial charge in [-0.3, -0.25) is 4.79 Å². The van der Waals surface area contributed by atoms with Crippen molar-refractivity contribution in [2.45, 2.75) is 44.9 Å². The Morgan fingerprint density at radius 2 is 1.07 bits per heavy atom. The summed E-state index contributed by atoms with van der Waals surface area (Å²) in [5, 5.41) is 0. The topological polar surface area (TPSA) is 23.6 Å². The summed E-state index contributed by atoms with van der Waals surface area (Å²) in [7, 11) is 4.19. The molecule has 1 saturated carbocycles. The Labute approximate surface area is 173 Å². The molecular weight excluding hydrogens is 356 g/mol. The van der Waals surface area contributed by atoms with Gasteiger partial charge in [0.2, 0.25) is 0 Å². The molecule has 0 aromatic heterocycles. The van der Waals surface area contributed by atoms with E-state index in [1.807, 2.05) is 0 Å². The minimum Gasteiger partial charge on any atom is -0.347 e. The van der Waals surface area contributed by atoms with E-state index in [9.17, 15) is 4.79 Å². The van der Waals surface area contributed by atoms with Gasteiger partial charge in [0.05, 0.1) is 0 Å². The number of para-hydroxylation sites is 2. The van der Waals surface area contributed by atoms with Crippen LogP contribution in [0.1, 0.15) is 45.2 Å². The van der Waals surface area contributed by atoms with E-state index in [2.05, 4.69) is 100 Å². The molecule has 2 aliphatic heterocycles. The van der Waals surface area contributed by atoms with E-state index in [0.717, 1.165) is 29.0 Å². The zero-order chi connectivity index (χ0) is 20.7. The highest BCUT2D eigenvalue weighted by Gasteiger charge is 2.48. The third-order valence-corrected chi connectivity index (χ3v) is 7.21. The maximum atomic E-state index is 13.5. The van der Waals surface area contributed by atoms with E-state index in [1.165, 1.54) is 22.5 Å². The molecule has 3 aliphatic rings. The number of rotatable bonds is 0. The summed E-state index contributed by atoms with van der Waals surface area (Å²) in [5.41, 5.74) is 8.94. The molecule has 0 saturated heterocycles. The number of benzene rings is 2. The Bertz CT molecular complexity index is 1050. The maximum Gasteiger partial charge on any atom is 0.189 e. The Morgan fingerprint density at radius 3 is 1.41 bits per heavy atom. The molecule has 2 aromatic rings. The molecule has 148 valence electrons. The molecule has 5 rings (SSSR count). The molecule has 0 unspecified atom stereocenters. The molecule has 0 radical (unpaired) electrons. The van der Waals surface area contributed by atoms with Gasteiger partial charge in [0.1, 0.15) is 0 Å². The van der Waals surface area contributed by atoms with Crippen molar-refractivity contribution >= 4 is 17.2 Å². The first kappa shape index (κ1) is 18.2. The highest BCUT2D eigenvalue weighted by Crippen LogP contribution is 2.54. The van der Waals surface area contributed by atoms with Gasteiger partial charge in [0.25, 0.3) is 0 Å². The third-order valence-electron chi connectivity index (χ3n) is 7.21. The number of Topliss-reactive ketones (excluding diaryl/α,β-unsaturated/α-hetero) is 1. The lowest BCUT2D eigenvalue weighted by Crippen LogP contribution is -2.36. The molecule has 0 amide bonds. The quantitative estimate of drug-likeness (QED) is 0.574. The molecule has 3 nitrogen and oxygen atoms in total. The van der Waals surface area contributed by atoms with Crippen molar-refractivity contribution in [2.24, 2.45) is 0 Å². The zero-order valence-corrected chi connectivity index (χ0v) is 18.1. The van der Waals surface area contributed by atoms with Crippen LogP contribution in [-0.4, -0.2) is 19.9 Å². The van der Waals surface area contributed by atoms with Crippen molar-refractivity contribution in [1.29, 1.82) is 0 Å². The molecule has 29 heavy (non-hydrogen) atoms. The second kappa shape index (κ2) is 5.63. The lowest BCUT2D eigenvalue weighted by Gasteiger charge is -2.36. The van der Waals surface area contributed by atoms with Gasteiger partial charge in [-0.05, 0) is 23.3 Å². The Balaban J connectivity index is 1.61. The maximum absolute atomic E-state index is 13.5. The van der Waals surface area contributed by atoms with Crippen LogP contribution < -0.4 is 9.80 Å². The minimum absolute atomic E-state index is 0.160. The van der Waals surface area contributed by atoms with Gasteiger partial charge in [-0.1, -0.05) is 64.1 Å². The molecule has 1 aliphatic carbocycles. The largest absolute Gasteiger partial charge is 0.347 e. The highest BCUT2D eigenvalue weighted by molar-refractivity contribution is 6.18. The third kappa shape index (κ3) is 2.16. The van der Waals surface area contributed by atoms with Crippen LogP contribution in [0.2, 0.25) is 0 Å². The smallest absolute Gasteiger partial charge is 0.189 e. The lowest BCUT2D eigenvalue weighted by atomic mass is 9.71. The van der Waals surface area contributed by atoms with E-state index in [-0.39, 0.29) is 16.6 Å². The Kier molecular flexibility index (Phi) is 3.54. The fraction of sp³-hybridized carbons (Fsp3) is 0.346. The van der Waals surface area contributed by atoms with Gasteiger partial charge in [-0.25, -0.2) is 0 Å². The molecule has 0 bridgehead atoms. The predicted octanol–water partition coefficient (Wildman–Crippen LogP) is 5.32. The van der Waals surface area contributed by atoms with Crippen LogP contribution in [0.4, 0.5) is 11.4 Å². The Morgan fingerprint density at radius 1 is 0.690 bits per heavy atom. The van der Waals surface area contributed by atoms with Crippen molar-refractivity contribution in [3.8, 4) is 0 Å². The standard InChI is InChI=1S/C26H28N2O/c1-25(2)18-11-7-9-13-20(18)27(5)23(25)16-15-17(22(16)29)24-26(3,4)19-12-8-10-14-21(19)28(24)6/h7-14H,15H2,1-6H3. The SMILES string of the molecule is CN1C(=C2CC(=C3N(C)c4ccccc4C3(C)C)C2=O)C(C)(C)c2ccccc21.